The van der Waals surface area contributed by atoms with E-state index in [1.807, 2.05) is 64.2 Å². The number of hydrogen-bond donors (Lipinski definition) is 2. The minimum absolute atomic E-state index is 0.134. The van der Waals surface area contributed by atoms with E-state index in [2.05, 4.69) is 10.4 Å². The predicted octanol–water partition coefficient (Wildman–Crippen LogP) is 3.19. The normalized spacial score (nSPS) is 11.7. The Hall–Kier alpha value is -2.73. The number of hydrogen-bond acceptors (Lipinski definition) is 4. The van der Waals surface area contributed by atoms with Crippen LogP contribution >= 0.6 is 0 Å². The molecule has 0 spiro atoms. The first-order valence-electron chi connectivity index (χ1n) is 9.37. The van der Waals surface area contributed by atoms with Gasteiger partial charge < -0.3 is 11.1 Å². The third kappa shape index (κ3) is 3.45. The summed E-state index contributed by atoms with van der Waals surface area (Å²) in [4.78, 5) is 18.0. The summed E-state index contributed by atoms with van der Waals surface area (Å²) in [5.74, 6) is -0.134. The van der Waals surface area contributed by atoms with E-state index in [9.17, 15) is 4.79 Å². The molecule has 27 heavy (non-hydrogen) atoms. The van der Waals surface area contributed by atoms with Gasteiger partial charge in [0.05, 0.1) is 27.9 Å². The molecule has 3 N–H and O–H groups in total. The van der Waals surface area contributed by atoms with Crippen LogP contribution in [0.2, 0.25) is 0 Å². The molecule has 0 bridgehead atoms. The third-order valence-electron chi connectivity index (χ3n) is 5.41. The van der Waals surface area contributed by atoms with E-state index in [1.165, 1.54) is 0 Å². The molecule has 0 aliphatic rings. The number of nitrogens with one attached hydrogen (secondary N) is 1. The maximum Gasteiger partial charge on any atom is 0.252 e. The molecule has 0 saturated carbocycles. The quantitative estimate of drug-likeness (QED) is 0.702. The summed E-state index contributed by atoms with van der Waals surface area (Å²) in [6.07, 6.45) is 1.55. The lowest BCUT2D eigenvalue weighted by molar-refractivity contribution is 0.0897. The second kappa shape index (κ2) is 7.48. The van der Waals surface area contributed by atoms with Gasteiger partial charge in [-0.3, -0.25) is 9.48 Å². The molecule has 142 valence electrons. The van der Waals surface area contributed by atoms with Crippen molar-refractivity contribution >= 4 is 16.9 Å². The fourth-order valence-electron chi connectivity index (χ4n) is 3.46. The molecule has 0 radical (unpaired) electrons. The van der Waals surface area contributed by atoms with E-state index in [1.54, 1.807) is 4.68 Å². The number of fused-ring (bicyclic) bond motifs is 1. The van der Waals surface area contributed by atoms with E-state index in [0.717, 1.165) is 35.2 Å². The molecule has 0 aliphatic carbocycles. The Morgan fingerprint density at radius 3 is 2.48 bits per heavy atom. The van der Waals surface area contributed by atoms with Gasteiger partial charge in [0.25, 0.3) is 5.91 Å². The average molecular weight is 365 g/mol. The molecule has 0 aliphatic heterocycles. The fourth-order valence-corrected chi connectivity index (χ4v) is 3.46. The highest BCUT2D eigenvalue weighted by molar-refractivity contribution is 6.07. The summed E-state index contributed by atoms with van der Waals surface area (Å²) >= 11 is 0. The second-order valence-electron chi connectivity index (χ2n) is 6.97. The van der Waals surface area contributed by atoms with Gasteiger partial charge in [-0.25, -0.2) is 4.98 Å². The number of pyridine rings is 1. The molecule has 2 aromatic heterocycles. The van der Waals surface area contributed by atoms with Gasteiger partial charge in [0.15, 0.2) is 5.65 Å². The number of amides is 1. The predicted molar refractivity (Wildman–Crippen MR) is 109 cm³/mol. The van der Waals surface area contributed by atoms with Crippen molar-refractivity contribution in [2.45, 2.75) is 39.2 Å². The summed E-state index contributed by atoms with van der Waals surface area (Å²) in [6.45, 7) is 6.39. The topological polar surface area (TPSA) is 85.8 Å². The molecule has 3 rings (SSSR count). The molecule has 2 heterocycles. The molecule has 0 saturated heterocycles. The lowest BCUT2D eigenvalue weighted by Crippen LogP contribution is -2.52. The zero-order chi connectivity index (χ0) is 19.6. The SMILES string of the molecule is CCC(CC)(CN)NC(=O)c1cc(-c2ccccc2)nc2c1c(C)nn2C. The first-order valence-corrected chi connectivity index (χ1v) is 9.37. The summed E-state index contributed by atoms with van der Waals surface area (Å²) in [5.41, 5.74) is 9.36. The highest BCUT2D eigenvalue weighted by Gasteiger charge is 2.28. The molecule has 3 aromatic rings. The zero-order valence-electron chi connectivity index (χ0n) is 16.4. The molecule has 6 heteroatoms. The summed E-state index contributed by atoms with van der Waals surface area (Å²) in [7, 11) is 1.85. The van der Waals surface area contributed by atoms with Crippen molar-refractivity contribution in [1.29, 1.82) is 0 Å². The molecule has 1 aromatic carbocycles. The van der Waals surface area contributed by atoms with Gasteiger partial charge in [0.2, 0.25) is 0 Å². The number of aromatic nitrogens is 3. The van der Waals surface area contributed by atoms with E-state index in [0.29, 0.717) is 17.8 Å². The number of nitrogens with two attached hydrogens (primary N) is 1. The van der Waals surface area contributed by atoms with Gasteiger partial charge in [0.1, 0.15) is 0 Å². The van der Waals surface area contributed by atoms with Gasteiger partial charge in [-0.05, 0) is 25.8 Å². The van der Waals surface area contributed by atoms with Crippen LogP contribution < -0.4 is 11.1 Å². The summed E-state index contributed by atoms with van der Waals surface area (Å²) in [6, 6.07) is 11.7. The maximum atomic E-state index is 13.3. The monoisotopic (exact) mass is 365 g/mol. The Labute approximate surface area is 159 Å². The Morgan fingerprint density at radius 2 is 1.89 bits per heavy atom. The molecule has 6 nitrogen and oxygen atoms in total. The van der Waals surface area contributed by atoms with Gasteiger partial charge in [0, 0.05) is 19.2 Å². The van der Waals surface area contributed by atoms with E-state index >= 15 is 0 Å². The summed E-state index contributed by atoms with van der Waals surface area (Å²) < 4.78 is 1.73. The molecule has 0 atom stereocenters. The highest BCUT2D eigenvalue weighted by Crippen LogP contribution is 2.27. The fraction of sp³-hybridized carbons (Fsp3) is 0.381. The standard InChI is InChI=1S/C21H27N5O/c1-5-21(6-2,13-22)24-20(27)16-12-17(15-10-8-7-9-11-15)23-19-18(16)14(3)25-26(19)4/h7-12H,5-6,13,22H2,1-4H3,(H,24,27). The number of benzene rings is 1. The lowest BCUT2D eigenvalue weighted by Gasteiger charge is -2.31. The summed E-state index contributed by atoms with van der Waals surface area (Å²) in [5, 5.41) is 8.43. The van der Waals surface area contributed by atoms with E-state index < -0.39 is 5.54 Å². The molecular formula is C21H27N5O. The number of rotatable bonds is 6. The zero-order valence-corrected chi connectivity index (χ0v) is 16.4. The van der Waals surface area contributed by atoms with Crippen molar-refractivity contribution in [3.05, 3.63) is 47.7 Å². The number of carbonyl (C=O) groups is 1. The van der Waals surface area contributed by atoms with Crippen LogP contribution in [0.4, 0.5) is 0 Å². The third-order valence-corrected chi connectivity index (χ3v) is 5.41. The number of carbonyl (C=O) groups excluding carboxylic acids is 1. The van der Waals surface area contributed by atoms with Crippen molar-refractivity contribution in [3.8, 4) is 11.3 Å². The van der Waals surface area contributed by atoms with E-state index in [-0.39, 0.29) is 5.91 Å². The van der Waals surface area contributed by atoms with Crippen LogP contribution in [0.5, 0.6) is 0 Å². The van der Waals surface area contributed by atoms with Crippen LogP contribution in [0.15, 0.2) is 36.4 Å². The van der Waals surface area contributed by atoms with Gasteiger partial charge in [-0.1, -0.05) is 44.2 Å². The molecule has 0 unspecified atom stereocenters. The largest absolute Gasteiger partial charge is 0.345 e. The van der Waals surface area contributed by atoms with Crippen molar-refractivity contribution in [3.63, 3.8) is 0 Å². The number of aryl methyl sites for hydroxylation is 2. The Balaban J connectivity index is 2.17. The first kappa shape index (κ1) is 19.0. The molecule has 1 amide bonds. The van der Waals surface area contributed by atoms with Crippen molar-refractivity contribution in [2.75, 3.05) is 6.54 Å². The van der Waals surface area contributed by atoms with Crippen molar-refractivity contribution in [1.82, 2.24) is 20.1 Å². The molecule has 0 fully saturated rings. The highest BCUT2D eigenvalue weighted by atomic mass is 16.1. The number of nitrogens with zero attached hydrogens (tertiary/aromatic N) is 3. The minimum atomic E-state index is -0.407. The van der Waals surface area contributed by atoms with Gasteiger partial charge in [-0.2, -0.15) is 5.10 Å². The second-order valence-corrected chi connectivity index (χ2v) is 6.97. The lowest BCUT2D eigenvalue weighted by atomic mass is 9.92. The Kier molecular flexibility index (Phi) is 5.28. The Bertz CT molecular complexity index is 949. The van der Waals surface area contributed by atoms with Crippen LogP contribution in [0.25, 0.3) is 22.3 Å². The molecular weight excluding hydrogens is 338 g/mol. The van der Waals surface area contributed by atoms with Crippen molar-refractivity contribution in [2.24, 2.45) is 12.8 Å². The van der Waals surface area contributed by atoms with E-state index in [4.69, 9.17) is 10.7 Å². The van der Waals surface area contributed by atoms with Gasteiger partial charge >= 0.3 is 0 Å². The van der Waals surface area contributed by atoms with Crippen LogP contribution in [0.3, 0.4) is 0 Å². The van der Waals surface area contributed by atoms with Crippen molar-refractivity contribution < 1.29 is 4.79 Å². The van der Waals surface area contributed by atoms with Crippen LogP contribution in [0.1, 0.15) is 42.7 Å². The minimum Gasteiger partial charge on any atom is -0.345 e. The van der Waals surface area contributed by atoms with Gasteiger partial charge in [-0.15, -0.1) is 0 Å². The first-order chi connectivity index (χ1) is 12.9. The maximum absolute atomic E-state index is 13.3. The van der Waals surface area contributed by atoms with Crippen LogP contribution in [0, 0.1) is 6.92 Å². The smallest absolute Gasteiger partial charge is 0.252 e. The van der Waals surface area contributed by atoms with Crippen LogP contribution in [-0.2, 0) is 7.05 Å². The Morgan fingerprint density at radius 1 is 1.22 bits per heavy atom. The average Bonchev–Trinajstić information content (AvgIpc) is 3.00. The van der Waals surface area contributed by atoms with Crippen LogP contribution in [-0.4, -0.2) is 32.8 Å².